The van der Waals surface area contributed by atoms with Gasteiger partial charge in [-0.2, -0.15) is 0 Å². The Kier molecular flexibility index (Phi) is 6.30. The second kappa shape index (κ2) is 9.13. The summed E-state index contributed by atoms with van der Waals surface area (Å²) < 4.78 is 0. The highest BCUT2D eigenvalue weighted by Crippen LogP contribution is 3.06. The molecule has 5 rings (SSSR count). The van der Waals surface area contributed by atoms with E-state index >= 15 is 0 Å². The lowest BCUT2D eigenvalue weighted by atomic mass is 10.4. The number of benzene rings is 4. The van der Waals surface area contributed by atoms with Crippen molar-refractivity contribution in [1.82, 2.24) is 0 Å². The highest BCUT2D eigenvalue weighted by atomic mass is 32.8. The molecule has 4 aromatic carbocycles. The van der Waals surface area contributed by atoms with Gasteiger partial charge in [0.05, 0.1) is 0 Å². The summed E-state index contributed by atoms with van der Waals surface area (Å²) in [6, 6.07) is 44.8. The molecule has 148 valence electrons. The molecule has 1 heterocycles. The minimum absolute atomic E-state index is 0.316. The number of hydrogen-bond acceptors (Lipinski definition) is 1. The van der Waals surface area contributed by atoms with E-state index in [9.17, 15) is 0 Å². The van der Waals surface area contributed by atoms with Crippen LogP contribution in [0, 0.1) is 0 Å². The van der Waals surface area contributed by atoms with Crippen LogP contribution in [-0.2, 0) is 11.8 Å². The summed E-state index contributed by atoms with van der Waals surface area (Å²) in [7, 11) is -1.12. The zero-order chi connectivity index (χ0) is 20.4. The molecule has 5 heteroatoms. The number of rotatable bonds is 4. The Balaban J connectivity index is 1.75. The minimum Gasteiger partial charge on any atom is -0.0867 e. The van der Waals surface area contributed by atoms with Crippen LogP contribution in [0.4, 0.5) is 0 Å². The molecular weight excluding hydrogens is 456 g/mol. The molecule has 4 atom stereocenters. The molecule has 1 aliphatic rings. The molecule has 0 amide bonds. The van der Waals surface area contributed by atoms with Crippen molar-refractivity contribution in [3.05, 3.63) is 121 Å². The maximum atomic E-state index is 6.76. The van der Waals surface area contributed by atoms with Gasteiger partial charge in [-0.25, -0.2) is 0 Å². The monoisotopic (exact) mass is 478 g/mol. The zero-order valence-electron chi connectivity index (χ0n) is 16.5. The third-order valence-corrected chi connectivity index (χ3v) is 36.9. The topological polar surface area (TPSA) is 0 Å². The van der Waals surface area contributed by atoms with Crippen molar-refractivity contribution in [2.75, 3.05) is 5.90 Å². The Hall–Kier alpha value is -1.18. The van der Waals surface area contributed by atoms with E-state index in [1.54, 1.807) is 0 Å². The van der Waals surface area contributed by atoms with Gasteiger partial charge in [0.15, 0.2) is 0 Å². The van der Waals surface area contributed by atoms with E-state index in [4.69, 9.17) is 11.8 Å². The van der Waals surface area contributed by atoms with Gasteiger partial charge in [0.25, 0.3) is 0 Å². The van der Waals surface area contributed by atoms with Gasteiger partial charge in [0.1, 0.15) is 0 Å². The standard InChI is InChI=1S/C25H22P4S/c30-29(25-19-11-4-12-20-25)21-26(22-13-5-1-6-14-22)27(23-15-7-2-8-16-23)28(29)24-17-9-3-10-18-24/h1-20H,21H2. The first-order chi connectivity index (χ1) is 14.8. The van der Waals surface area contributed by atoms with Crippen molar-refractivity contribution in [3.8, 4) is 0 Å². The Labute approximate surface area is 187 Å². The SMILES string of the molecule is S=P1(c2ccccc2)CP(c2ccccc2)P(c2ccccc2)P1c1ccccc1. The fourth-order valence-corrected chi connectivity index (χ4v) is 49.7. The molecule has 0 radical (unpaired) electrons. The second-order valence-electron chi connectivity index (χ2n) is 7.16. The fourth-order valence-electron chi connectivity index (χ4n) is 3.85. The van der Waals surface area contributed by atoms with Gasteiger partial charge in [-0.1, -0.05) is 133 Å². The van der Waals surface area contributed by atoms with Crippen LogP contribution < -0.4 is 21.2 Å². The van der Waals surface area contributed by atoms with Gasteiger partial charge < -0.3 is 0 Å². The minimum atomic E-state index is -1.74. The predicted octanol–water partition coefficient (Wildman–Crippen LogP) is 6.93. The molecular formula is C25H22P4S. The van der Waals surface area contributed by atoms with Crippen molar-refractivity contribution >= 4 is 61.0 Å². The summed E-state index contributed by atoms with van der Waals surface area (Å²) in [5, 5.41) is 5.98. The molecule has 1 saturated heterocycles. The average molecular weight is 478 g/mol. The van der Waals surface area contributed by atoms with Crippen molar-refractivity contribution in [1.29, 1.82) is 0 Å². The summed E-state index contributed by atoms with van der Waals surface area (Å²) in [5.74, 6) is 1.19. The third-order valence-electron chi connectivity index (χ3n) is 5.23. The molecule has 4 aromatic rings. The first kappa shape index (κ1) is 20.7. The third kappa shape index (κ3) is 3.89. The van der Waals surface area contributed by atoms with E-state index in [2.05, 4.69) is 121 Å². The maximum absolute atomic E-state index is 6.76. The zero-order valence-corrected chi connectivity index (χ0v) is 20.8. The van der Waals surface area contributed by atoms with Crippen molar-refractivity contribution in [2.24, 2.45) is 0 Å². The molecule has 0 saturated carbocycles. The summed E-state index contributed by atoms with van der Waals surface area (Å²) >= 11 is 6.76. The summed E-state index contributed by atoms with van der Waals surface area (Å²) in [6.07, 6.45) is 0. The molecule has 0 spiro atoms. The molecule has 30 heavy (non-hydrogen) atoms. The first-order valence-corrected chi connectivity index (χ1v) is 19.3. The lowest BCUT2D eigenvalue weighted by Gasteiger charge is -2.30. The molecule has 1 aliphatic heterocycles. The van der Waals surface area contributed by atoms with Crippen LogP contribution in [-0.4, -0.2) is 5.90 Å². The van der Waals surface area contributed by atoms with Crippen LogP contribution in [0.25, 0.3) is 0 Å². The van der Waals surface area contributed by atoms with E-state index in [0.29, 0.717) is 0 Å². The Morgan fingerprint density at radius 3 is 1.50 bits per heavy atom. The van der Waals surface area contributed by atoms with E-state index in [-0.39, 0.29) is 14.9 Å². The quantitative estimate of drug-likeness (QED) is 0.287. The second-order valence-corrected chi connectivity index (χ2v) is 26.6. The van der Waals surface area contributed by atoms with Gasteiger partial charge in [-0.15, -0.1) is 0 Å². The fraction of sp³-hybridized carbons (Fsp3) is 0.0400. The van der Waals surface area contributed by atoms with Crippen molar-refractivity contribution < 1.29 is 0 Å². The molecule has 1 fully saturated rings. The summed E-state index contributed by atoms with van der Waals surface area (Å²) in [5.41, 5.74) is -1.74. The summed E-state index contributed by atoms with van der Waals surface area (Å²) in [6.45, 7) is 0. The van der Waals surface area contributed by atoms with Crippen LogP contribution in [0.2, 0.25) is 0 Å². The Morgan fingerprint density at radius 1 is 0.533 bits per heavy atom. The number of hydrogen-bond donors (Lipinski definition) is 0. The van der Waals surface area contributed by atoms with Gasteiger partial charge in [0, 0.05) is 11.6 Å². The van der Waals surface area contributed by atoms with E-state index < -0.39 is 13.0 Å². The normalized spacial score (nSPS) is 25.8. The van der Waals surface area contributed by atoms with Crippen molar-refractivity contribution in [3.63, 3.8) is 0 Å². The lowest BCUT2D eigenvalue weighted by Crippen LogP contribution is -2.07. The average Bonchev–Trinajstić information content (AvgIpc) is 3.16. The van der Waals surface area contributed by atoms with E-state index in [1.165, 1.54) is 27.1 Å². The van der Waals surface area contributed by atoms with Gasteiger partial charge in [-0.05, 0) is 43.4 Å². The van der Waals surface area contributed by atoms with Crippen LogP contribution in [0.15, 0.2) is 121 Å². The summed E-state index contributed by atoms with van der Waals surface area (Å²) in [4.78, 5) is 0. The highest BCUT2D eigenvalue weighted by molar-refractivity contribution is 8.92. The lowest BCUT2D eigenvalue weighted by molar-refractivity contribution is 1.76. The molecule has 0 nitrogen and oxygen atoms in total. The molecule has 0 N–H and O–H groups in total. The van der Waals surface area contributed by atoms with Crippen LogP contribution in [0.1, 0.15) is 0 Å². The van der Waals surface area contributed by atoms with Gasteiger partial charge in [0.2, 0.25) is 0 Å². The molecule has 0 bridgehead atoms. The first-order valence-electron chi connectivity index (χ1n) is 9.95. The Morgan fingerprint density at radius 2 is 0.967 bits per heavy atom. The highest BCUT2D eigenvalue weighted by Gasteiger charge is 2.49. The Bertz CT molecular complexity index is 1150. The molecule has 0 aromatic heterocycles. The molecule has 0 aliphatic carbocycles. The molecule has 4 unspecified atom stereocenters. The smallest absolute Gasteiger partial charge is 0.0183 e. The van der Waals surface area contributed by atoms with Gasteiger partial charge >= 0.3 is 0 Å². The maximum Gasteiger partial charge on any atom is 0.0183 e. The van der Waals surface area contributed by atoms with E-state index in [0.717, 1.165) is 0 Å². The van der Waals surface area contributed by atoms with Crippen LogP contribution in [0.3, 0.4) is 0 Å². The van der Waals surface area contributed by atoms with Crippen LogP contribution in [0.5, 0.6) is 0 Å². The largest absolute Gasteiger partial charge is 0.0867 e. The predicted molar refractivity (Wildman–Crippen MR) is 144 cm³/mol. The van der Waals surface area contributed by atoms with Gasteiger partial charge in [-0.3, -0.25) is 0 Å². The van der Waals surface area contributed by atoms with Crippen LogP contribution >= 0.6 is 27.9 Å². The van der Waals surface area contributed by atoms with E-state index in [1.807, 2.05) is 0 Å². The van der Waals surface area contributed by atoms with Crippen molar-refractivity contribution in [2.45, 2.75) is 0 Å².